The van der Waals surface area contributed by atoms with Crippen molar-refractivity contribution in [3.8, 4) is 0 Å². The van der Waals surface area contributed by atoms with Crippen LogP contribution in [0.1, 0.15) is 113 Å². The molecule has 1 aromatic heterocycles. The average molecular weight is 884 g/mol. The fourth-order valence-corrected chi connectivity index (χ4v) is 12.0. The van der Waals surface area contributed by atoms with Gasteiger partial charge in [-0.05, 0) is 103 Å². The summed E-state index contributed by atoms with van der Waals surface area (Å²) < 4.78 is 2.40. The monoisotopic (exact) mass is 883 g/mol. The van der Waals surface area contributed by atoms with E-state index in [2.05, 4.69) is 66.4 Å². The number of carboxylic acid groups (broad SMARTS) is 1. The molecule has 3 heterocycles. The van der Waals surface area contributed by atoms with Gasteiger partial charge in [0.05, 0.1) is 4.53 Å². The second-order valence-electron chi connectivity index (χ2n) is 15.5. The first-order valence-corrected chi connectivity index (χ1v) is 24.2. The number of benzene rings is 3. The Morgan fingerprint density at radius 2 is 1.63 bits per heavy atom. The number of thiocarbonyl (C=S) groups is 1. The van der Waals surface area contributed by atoms with Gasteiger partial charge in [-0.15, -0.1) is 23.1 Å². The van der Waals surface area contributed by atoms with Crippen molar-refractivity contribution in [3.05, 3.63) is 109 Å². The molecule has 1 amide bonds. The van der Waals surface area contributed by atoms with Gasteiger partial charge in [-0.2, -0.15) is 9.59 Å². The van der Waals surface area contributed by atoms with Crippen molar-refractivity contribution in [2.24, 2.45) is 0 Å². The number of rotatable bonds is 19. The lowest BCUT2D eigenvalue weighted by Gasteiger charge is -2.27. The van der Waals surface area contributed by atoms with Gasteiger partial charge in [0.2, 0.25) is 0 Å². The summed E-state index contributed by atoms with van der Waals surface area (Å²) in [6, 6.07) is 26.2. The number of carbonyl (C=O) groups is 2. The van der Waals surface area contributed by atoms with Crippen molar-refractivity contribution in [2.75, 3.05) is 17.2 Å². The molecule has 13 heteroatoms. The third kappa shape index (κ3) is 11.4. The molecule has 316 valence electrons. The minimum absolute atomic E-state index is 0.250. The third-order valence-corrected chi connectivity index (χ3v) is 15.2. The Hall–Kier alpha value is -4.26. The van der Waals surface area contributed by atoms with Gasteiger partial charge in [-0.3, -0.25) is 23.9 Å². The molecule has 7 rings (SSSR count). The highest BCUT2D eigenvalue weighted by Gasteiger charge is 2.42. The molecule has 0 spiro atoms. The lowest BCUT2D eigenvalue weighted by atomic mass is 9.96. The van der Waals surface area contributed by atoms with E-state index in [1.54, 1.807) is 4.90 Å². The molecule has 4 aromatic rings. The number of aryl methyl sites for hydroxylation is 1. The Bertz CT molecular complexity index is 2340. The molecule has 0 radical (unpaired) electrons. The average Bonchev–Trinajstić information content (AvgIpc) is 3.99. The second kappa shape index (κ2) is 22.5. The van der Waals surface area contributed by atoms with Gasteiger partial charge in [-0.25, -0.2) is 0 Å². The number of thioether (sulfide) groups is 2. The van der Waals surface area contributed by atoms with Crippen LogP contribution in [-0.4, -0.2) is 55.3 Å². The van der Waals surface area contributed by atoms with Crippen molar-refractivity contribution in [3.63, 3.8) is 0 Å². The standard InChI is InChI=1S/C46H53N3O4S4.CO2/c1-2-3-4-5-6-7-8-14-28-55-35-24-22-34(23-25-35)49-38-20-15-19-36(38)37-29-33(21-26-39(37)49)30-40-43(52)48(31-41(50)51)45(56-40)42-44(53)47(46(54)57-42)27-13-12-18-32-16-10-9-11-17-32;2-1-3/h9-11,16-17,21-26,29-30,36,38H,2-8,12-15,18-20,27-28,31H2,1H3,(H,50,51);/b40-30-,45-42+;. The zero-order chi connectivity index (χ0) is 42.4. The van der Waals surface area contributed by atoms with Crippen LogP contribution in [0.2, 0.25) is 0 Å². The van der Waals surface area contributed by atoms with Crippen molar-refractivity contribution in [1.29, 1.82) is 0 Å². The van der Waals surface area contributed by atoms with Crippen LogP contribution in [0.3, 0.4) is 0 Å². The van der Waals surface area contributed by atoms with E-state index in [1.807, 2.05) is 36.0 Å². The first-order valence-electron chi connectivity index (χ1n) is 21.1. The normalized spacial score (nSPS) is 18.1. The van der Waals surface area contributed by atoms with Crippen LogP contribution in [0.25, 0.3) is 11.0 Å². The molecule has 3 aliphatic rings. The summed E-state index contributed by atoms with van der Waals surface area (Å²) in [5.74, 6) is 0.166. The van der Waals surface area contributed by atoms with Gasteiger partial charge in [0.15, 0.2) is 0 Å². The summed E-state index contributed by atoms with van der Waals surface area (Å²) in [7, 11) is 0. The molecule has 2 fully saturated rings. The van der Waals surface area contributed by atoms with E-state index in [4.69, 9.17) is 21.8 Å². The van der Waals surface area contributed by atoms with E-state index in [9.17, 15) is 19.5 Å². The fourth-order valence-electron chi connectivity index (χ4n) is 8.51. The quantitative estimate of drug-likeness (QED) is 0.0555. The summed E-state index contributed by atoms with van der Waals surface area (Å²) in [6.07, 6.45) is 18.9. The van der Waals surface area contributed by atoms with E-state index in [1.165, 1.54) is 101 Å². The number of unbranched alkanes of at least 4 members (excludes halogenated alkanes) is 8. The van der Waals surface area contributed by atoms with Crippen LogP contribution in [0.15, 0.2) is 82.5 Å². The predicted molar refractivity (Wildman–Crippen MR) is 247 cm³/mol. The number of aliphatic carboxylic acids is 1. The Morgan fingerprint density at radius 1 is 0.917 bits per heavy atom. The summed E-state index contributed by atoms with van der Waals surface area (Å²) in [5, 5.41) is 9.78. The topological polar surface area (TPSA) is 117 Å². The van der Waals surface area contributed by atoms with E-state index in [0.717, 1.165) is 55.2 Å². The van der Waals surface area contributed by atoms with Gasteiger partial charge < -0.3 is 10.0 Å². The van der Waals surface area contributed by atoms with Crippen molar-refractivity contribution >= 4 is 91.8 Å². The second-order valence-corrected chi connectivity index (χ2v) is 19.3. The Morgan fingerprint density at radius 3 is 2.35 bits per heavy atom. The Kier molecular flexibility index (Phi) is 17.0. The van der Waals surface area contributed by atoms with E-state index >= 15 is 0 Å². The largest absolute Gasteiger partial charge is 0.480 e. The van der Waals surface area contributed by atoms with Gasteiger partial charge >= 0.3 is 12.1 Å². The number of anilines is 2. The Balaban J connectivity index is 0.00000195. The van der Waals surface area contributed by atoms with Crippen LogP contribution in [-0.2, 0) is 32.1 Å². The molecule has 2 unspecified atom stereocenters. The van der Waals surface area contributed by atoms with Crippen LogP contribution in [0, 0.1) is 0 Å². The number of fused-ring (bicyclic) bond motifs is 3. The lowest BCUT2D eigenvalue weighted by Crippen LogP contribution is -2.35. The zero-order valence-electron chi connectivity index (χ0n) is 34.1. The SMILES string of the molecule is CCCCCCCCCCSc1ccc(N2c3ccc(/C=c4\s/c(=C5/SC(=S)N(CCCCc6ccccc6)C5=O)n(CC(=O)O)c4=O)cc3C3CCCC32)cc1.O=C=O. The number of amides is 1. The molecular formula is C47H53N3O6S4. The number of thiazole rings is 1. The van der Waals surface area contributed by atoms with Gasteiger partial charge in [0.1, 0.15) is 20.4 Å². The molecule has 1 saturated heterocycles. The smallest absolute Gasteiger partial charge is 0.373 e. The fraction of sp³-hybridized carbons (Fsp3) is 0.426. The molecule has 2 atom stereocenters. The number of hydrogen-bond donors (Lipinski definition) is 1. The maximum Gasteiger partial charge on any atom is 0.373 e. The number of aromatic nitrogens is 1. The van der Waals surface area contributed by atoms with Crippen molar-refractivity contribution in [1.82, 2.24) is 9.47 Å². The molecular weight excluding hydrogens is 831 g/mol. The van der Waals surface area contributed by atoms with Gasteiger partial charge in [0, 0.05) is 34.8 Å². The van der Waals surface area contributed by atoms with Gasteiger partial charge in [-0.1, -0.05) is 119 Å². The first kappa shape index (κ1) is 45.3. The molecule has 0 bridgehead atoms. The van der Waals surface area contributed by atoms with Crippen LogP contribution < -0.4 is 19.7 Å². The minimum atomic E-state index is -1.14. The van der Waals surface area contributed by atoms with Gasteiger partial charge in [0.25, 0.3) is 11.5 Å². The van der Waals surface area contributed by atoms with E-state index < -0.39 is 18.1 Å². The number of carboxylic acids is 1. The maximum absolute atomic E-state index is 13.8. The minimum Gasteiger partial charge on any atom is -0.480 e. The highest BCUT2D eigenvalue weighted by atomic mass is 32.2. The number of carbonyl (C=O) groups excluding carboxylic acids is 3. The lowest BCUT2D eigenvalue weighted by molar-refractivity contribution is -0.191. The molecule has 1 N–H and O–H groups in total. The van der Waals surface area contributed by atoms with Crippen LogP contribution in [0.4, 0.5) is 11.4 Å². The van der Waals surface area contributed by atoms with Crippen molar-refractivity contribution in [2.45, 2.75) is 120 Å². The molecule has 9 nitrogen and oxygen atoms in total. The summed E-state index contributed by atoms with van der Waals surface area (Å²) in [5.41, 5.74) is 5.47. The number of hydrogen-bond acceptors (Lipinski definition) is 10. The molecule has 3 aromatic carbocycles. The third-order valence-electron chi connectivity index (χ3n) is 11.4. The first-order chi connectivity index (χ1) is 29.2. The van der Waals surface area contributed by atoms with Crippen LogP contribution in [0.5, 0.6) is 0 Å². The predicted octanol–water partition coefficient (Wildman–Crippen LogP) is 9.25. The van der Waals surface area contributed by atoms with Crippen LogP contribution >= 0.6 is 47.1 Å². The summed E-state index contributed by atoms with van der Waals surface area (Å²) in [4.78, 5) is 61.5. The zero-order valence-corrected chi connectivity index (χ0v) is 37.4. The molecule has 2 aliphatic heterocycles. The molecule has 60 heavy (non-hydrogen) atoms. The van der Waals surface area contributed by atoms with E-state index in [0.29, 0.717) is 36.9 Å². The maximum atomic E-state index is 13.8. The number of nitrogens with zero attached hydrogens (tertiary/aromatic N) is 3. The molecule has 1 saturated carbocycles. The van der Waals surface area contributed by atoms with Crippen molar-refractivity contribution < 1.29 is 24.3 Å². The molecule has 1 aliphatic carbocycles. The van der Waals surface area contributed by atoms with E-state index in [-0.39, 0.29) is 12.1 Å². The Labute approximate surface area is 369 Å². The summed E-state index contributed by atoms with van der Waals surface area (Å²) >= 11 is 9.91. The highest BCUT2D eigenvalue weighted by molar-refractivity contribution is 8.30. The summed E-state index contributed by atoms with van der Waals surface area (Å²) in [6.45, 7) is 2.22. The highest BCUT2D eigenvalue weighted by Crippen LogP contribution is 2.52.